The number of ether oxygens (including phenoxy) is 2. The van der Waals surface area contributed by atoms with Crippen molar-refractivity contribution in [2.45, 2.75) is 31.4 Å². The molecule has 2 aromatic rings. The van der Waals surface area contributed by atoms with E-state index >= 15 is 0 Å². The van der Waals surface area contributed by atoms with Gasteiger partial charge in [-0.05, 0) is 31.4 Å². The van der Waals surface area contributed by atoms with Crippen LogP contribution in [0.25, 0.3) is 5.69 Å². The summed E-state index contributed by atoms with van der Waals surface area (Å²) in [4.78, 5) is 17.1. The van der Waals surface area contributed by atoms with E-state index in [1.165, 1.54) is 0 Å². The van der Waals surface area contributed by atoms with Crippen molar-refractivity contribution in [3.05, 3.63) is 48.5 Å². The summed E-state index contributed by atoms with van der Waals surface area (Å²) in [5, 5.41) is 3.17. The number of benzene rings is 1. The Morgan fingerprint density at radius 1 is 1.20 bits per heavy atom. The predicted molar refractivity (Wildman–Crippen MR) is 92.3 cm³/mol. The molecule has 1 N–H and O–H groups in total. The molecule has 0 spiro atoms. The molecular formula is C19H23N3O3. The van der Waals surface area contributed by atoms with Crippen LogP contribution < -0.4 is 5.32 Å². The highest BCUT2D eigenvalue weighted by Gasteiger charge is 2.35. The zero-order valence-electron chi connectivity index (χ0n) is 14.1. The molecule has 0 radical (unpaired) electrons. The number of para-hydroxylation sites is 1. The van der Waals surface area contributed by atoms with Crippen molar-refractivity contribution in [2.75, 3.05) is 19.8 Å². The maximum Gasteiger partial charge on any atom is 0.225 e. The van der Waals surface area contributed by atoms with Crippen LogP contribution in [-0.2, 0) is 14.3 Å². The van der Waals surface area contributed by atoms with Crippen molar-refractivity contribution >= 4 is 5.91 Å². The topological polar surface area (TPSA) is 65.4 Å². The molecule has 132 valence electrons. The van der Waals surface area contributed by atoms with Crippen molar-refractivity contribution in [3.63, 3.8) is 0 Å². The van der Waals surface area contributed by atoms with Crippen LogP contribution in [0.1, 0.15) is 31.2 Å². The third-order valence-electron chi connectivity index (χ3n) is 4.91. The maximum absolute atomic E-state index is 12.6. The average molecular weight is 341 g/mol. The van der Waals surface area contributed by atoms with Crippen LogP contribution in [0, 0.1) is 5.92 Å². The number of aromatic nitrogens is 2. The van der Waals surface area contributed by atoms with Crippen LogP contribution >= 0.6 is 0 Å². The summed E-state index contributed by atoms with van der Waals surface area (Å²) in [6, 6.07) is 9.99. The van der Waals surface area contributed by atoms with Gasteiger partial charge in [-0.25, -0.2) is 4.98 Å². The fraction of sp³-hybridized carbons (Fsp3) is 0.474. The highest BCUT2D eigenvalue weighted by atomic mass is 16.5. The largest absolute Gasteiger partial charge is 0.381 e. The van der Waals surface area contributed by atoms with Crippen molar-refractivity contribution < 1.29 is 14.3 Å². The fourth-order valence-corrected chi connectivity index (χ4v) is 3.57. The minimum Gasteiger partial charge on any atom is -0.381 e. The van der Waals surface area contributed by atoms with Crippen LogP contribution in [0.3, 0.4) is 0 Å². The minimum absolute atomic E-state index is 0.0520. The van der Waals surface area contributed by atoms with Crippen molar-refractivity contribution in [2.24, 2.45) is 5.92 Å². The van der Waals surface area contributed by atoms with Crippen LogP contribution in [-0.4, -0.2) is 41.3 Å². The molecule has 0 unspecified atom stereocenters. The Hall–Kier alpha value is -2.18. The molecular weight excluding hydrogens is 318 g/mol. The van der Waals surface area contributed by atoms with E-state index in [2.05, 4.69) is 10.3 Å². The Labute approximate surface area is 147 Å². The van der Waals surface area contributed by atoms with Gasteiger partial charge in [-0.1, -0.05) is 18.2 Å². The lowest BCUT2D eigenvalue weighted by molar-refractivity contribution is -0.130. The Morgan fingerprint density at radius 3 is 2.88 bits per heavy atom. The van der Waals surface area contributed by atoms with Gasteiger partial charge in [0.2, 0.25) is 5.91 Å². The number of carbonyl (C=O) groups excluding carboxylic acids is 1. The minimum atomic E-state index is -0.233. The second kappa shape index (κ2) is 7.37. The SMILES string of the molecule is O=C(N[C@H]1CCO[C@@H]1c1nccn1-c1ccccc1)[C@H]1CCCOC1. The summed E-state index contributed by atoms with van der Waals surface area (Å²) in [5.41, 5.74) is 1.04. The summed E-state index contributed by atoms with van der Waals surface area (Å²) in [7, 11) is 0. The van der Waals surface area contributed by atoms with Gasteiger partial charge in [0, 0.05) is 31.3 Å². The van der Waals surface area contributed by atoms with Gasteiger partial charge in [-0.15, -0.1) is 0 Å². The van der Waals surface area contributed by atoms with Crippen LogP contribution in [0.2, 0.25) is 0 Å². The van der Waals surface area contributed by atoms with Gasteiger partial charge >= 0.3 is 0 Å². The number of imidazole rings is 1. The molecule has 2 aliphatic rings. The van der Waals surface area contributed by atoms with Crippen molar-refractivity contribution in [1.29, 1.82) is 0 Å². The summed E-state index contributed by atoms with van der Waals surface area (Å²) in [6.07, 6.45) is 6.11. The molecule has 1 aromatic heterocycles. The number of rotatable bonds is 4. The predicted octanol–water partition coefficient (Wildman–Crippen LogP) is 2.25. The van der Waals surface area contributed by atoms with E-state index in [0.717, 1.165) is 37.4 Å². The van der Waals surface area contributed by atoms with Gasteiger partial charge in [0.25, 0.3) is 0 Å². The molecule has 3 atom stereocenters. The second-order valence-electron chi connectivity index (χ2n) is 6.60. The van der Waals surface area contributed by atoms with Gasteiger partial charge in [0.1, 0.15) is 11.9 Å². The Morgan fingerprint density at radius 2 is 2.08 bits per heavy atom. The number of nitrogens with one attached hydrogen (secondary N) is 1. The quantitative estimate of drug-likeness (QED) is 0.926. The average Bonchev–Trinajstić information content (AvgIpc) is 3.32. The first-order valence-corrected chi connectivity index (χ1v) is 8.91. The number of hydrogen-bond acceptors (Lipinski definition) is 4. The van der Waals surface area contributed by atoms with E-state index in [9.17, 15) is 4.79 Å². The number of nitrogens with zero attached hydrogens (tertiary/aromatic N) is 2. The Bertz CT molecular complexity index is 710. The normalized spacial score (nSPS) is 26.5. The number of carbonyl (C=O) groups is 1. The number of amides is 1. The molecule has 4 rings (SSSR count). The van der Waals surface area contributed by atoms with Gasteiger partial charge in [0.15, 0.2) is 0 Å². The fourth-order valence-electron chi connectivity index (χ4n) is 3.57. The lowest BCUT2D eigenvalue weighted by atomic mass is 10.00. The molecule has 25 heavy (non-hydrogen) atoms. The van der Waals surface area contributed by atoms with E-state index in [1.807, 2.05) is 41.1 Å². The Kier molecular flexibility index (Phi) is 4.81. The molecule has 2 aliphatic heterocycles. The Balaban J connectivity index is 1.50. The van der Waals surface area contributed by atoms with Gasteiger partial charge in [0.05, 0.1) is 18.6 Å². The van der Waals surface area contributed by atoms with E-state index < -0.39 is 0 Å². The first-order chi connectivity index (χ1) is 12.3. The first kappa shape index (κ1) is 16.3. The molecule has 2 fully saturated rings. The summed E-state index contributed by atoms with van der Waals surface area (Å²) in [6.45, 7) is 1.90. The molecule has 3 heterocycles. The lowest BCUT2D eigenvalue weighted by Crippen LogP contribution is -2.43. The van der Waals surface area contributed by atoms with Crippen molar-refractivity contribution in [3.8, 4) is 5.69 Å². The molecule has 1 aromatic carbocycles. The molecule has 0 bridgehead atoms. The van der Waals surface area contributed by atoms with E-state index in [0.29, 0.717) is 13.2 Å². The van der Waals surface area contributed by atoms with Gasteiger partial charge < -0.3 is 19.4 Å². The van der Waals surface area contributed by atoms with Crippen LogP contribution in [0.15, 0.2) is 42.7 Å². The summed E-state index contributed by atoms with van der Waals surface area (Å²) < 4.78 is 13.4. The molecule has 6 nitrogen and oxygen atoms in total. The van der Waals surface area contributed by atoms with Gasteiger partial charge in [-0.3, -0.25) is 4.79 Å². The zero-order chi connectivity index (χ0) is 17.1. The third-order valence-corrected chi connectivity index (χ3v) is 4.91. The maximum atomic E-state index is 12.6. The van der Waals surface area contributed by atoms with E-state index in [1.54, 1.807) is 6.20 Å². The molecule has 0 saturated carbocycles. The van der Waals surface area contributed by atoms with Gasteiger partial charge in [-0.2, -0.15) is 0 Å². The summed E-state index contributed by atoms with van der Waals surface area (Å²) >= 11 is 0. The molecule has 0 aliphatic carbocycles. The number of hydrogen-bond donors (Lipinski definition) is 1. The second-order valence-corrected chi connectivity index (χ2v) is 6.60. The third kappa shape index (κ3) is 3.45. The highest BCUT2D eigenvalue weighted by molar-refractivity contribution is 5.79. The van der Waals surface area contributed by atoms with E-state index in [4.69, 9.17) is 9.47 Å². The monoisotopic (exact) mass is 341 g/mol. The van der Waals surface area contributed by atoms with Crippen LogP contribution in [0.4, 0.5) is 0 Å². The molecule has 6 heteroatoms. The van der Waals surface area contributed by atoms with Crippen molar-refractivity contribution in [1.82, 2.24) is 14.9 Å². The first-order valence-electron chi connectivity index (χ1n) is 8.91. The van der Waals surface area contributed by atoms with E-state index in [-0.39, 0.29) is 24.0 Å². The summed E-state index contributed by atoms with van der Waals surface area (Å²) in [5.74, 6) is 0.843. The van der Waals surface area contributed by atoms with Crippen LogP contribution in [0.5, 0.6) is 0 Å². The standard InChI is InChI=1S/C19H23N3O3/c23-19(14-5-4-11-24-13-14)21-16-8-12-25-17(16)18-20-9-10-22(18)15-6-2-1-3-7-15/h1-3,6-7,9-10,14,16-17H,4-5,8,11-13H2,(H,21,23)/t14-,16-,17-/m0/s1. The lowest BCUT2D eigenvalue weighted by Gasteiger charge is -2.25. The molecule has 2 saturated heterocycles. The highest BCUT2D eigenvalue weighted by Crippen LogP contribution is 2.30. The molecule has 1 amide bonds. The smallest absolute Gasteiger partial charge is 0.225 e. The zero-order valence-corrected chi connectivity index (χ0v) is 14.1.